The zero-order valence-electron chi connectivity index (χ0n) is 10.9. The van der Waals surface area contributed by atoms with Crippen LogP contribution in [0.1, 0.15) is 18.6 Å². The topological polar surface area (TPSA) is 28.4 Å². The number of nitrogens with zero attached hydrogens (tertiary/aromatic N) is 1. The van der Waals surface area contributed by atoms with E-state index in [0.29, 0.717) is 22.7 Å². The summed E-state index contributed by atoms with van der Waals surface area (Å²) in [6.07, 6.45) is 4.03. The molecule has 0 radical (unpaired) electrons. The van der Waals surface area contributed by atoms with Crippen LogP contribution in [0.25, 0.3) is 0 Å². The van der Waals surface area contributed by atoms with Gasteiger partial charge in [-0.05, 0) is 49.3 Å². The van der Waals surface area contributed by atoms with Gasteiger partial charge in [-0.2, -0.15) is 0 Å². The molecular formula is C15H15ClN2OS. The van der Waals surface area contributed by atoms with Crippen LogP contribution in [0, 0.1) is 0 Å². The third-order valence-electron chi connectivity index (χ3n) is 3.27. The van der Waals surface area contributed by atoms with Gasteiger partial charge in [-0.3, -0.25) is 0 Å². The highest BCUT2D eigenvalue weighted by Gasteiger charge is 2.31. The van der Waals surface area contributed by atoms with E-state index in [9.17, 15) is 0 Å². The van der Waals surface area contributed by atoms with Crippen molar-refractivity contribution < 1.29 is 4.42 Å². The monoisotopic (exact) mass is 306 g/mol. The molecule has 1 aromatic heterocycles. The van der Waals surface area contributed by atoms with E-state index in [1.54, 1.807) is 6.26 Å². The lowest BCUT2D eigenvalue weighted by molar-refractivity contribution is 0.358. The number of rotatable bonds is 4. The zero-order valence-corrected chi connectivity index (χ0v) is 12.5. The van der Waals surface area contributed by atoms with Crippen LogP contribution in [0.4, 0.5) is 5.69 Å². The zero-order chi connectivity index (χ0) is 13.9. The van der Waals surface area contributed by atoms with Gasteiger partial charge in [0.25, 0.3) is 0 Å². The van der Waals surface area contributed by atoms with Crippen LogP contribution in [0.2, 0.25) is 5.02 Å². The predicted molar refractivity (Wildman–Crippen MR) is 84.9 cm³/mol. The van der Waals surface area contributed by atoms with Gasteiger partial charge < -0.3 is 14.6 Å². The summed E-state index contributed by atoms with van der Waals surface area (Å²) in [5.41, 5.74) is 0.837. The SMILES string of the molecule is S=C(Nc1ccccc1Cl)N(Cc1ccco1)C1CC1. The molecule has 3 nitrogen and oxygen atoms in total. The van der Waals surface area contributed by atoms with Crippen molar-refractivity contribution in [1.29, 1.82) is 0 Å². The Bertz CT molecular complexity index is 596. The average molecular weight is 307 g/mol. The molecule has 1 aliphatic rings. The van der Waals surface area contributed by atoms with Crippen LogP contribution in [0.15, 0.2) is 47.1 Å². The lowest BCUT2D eigenvalue weighted by Crippen LogP contribution is -2.36. The fraction of sp³-hybridized carbons (Fsp3) is 0.267. The number of hydrogen-bond acceptors (Lipinski definition) is 2. The molecule has 1 saturated carbocycles. The van der Waals surface area contributed by atoms with Gasteiger partial charge in [-0.1, -0.05) is 23.7 Å². The van der Waals surface area contributed by atoms with Crippen molar-refractivity contribution in [3.05, 3.63) is 53.4 Å². The quantitative estimate of drug-likeness (QED) is 0.853. The van der Waals surface area contributed by atoms with E-state index in [4.69, 9.17) is 28.2 Å². The van der Waals surface area contributed by atoms with Crippen molar-refractivity contribution in [3.8, 4) is 0 Å². The second-order valence-electron chi connectivity index (χ2n) is 4.85. The van der Waals surface area contributed by atoms with Gasteiger partial charge in [0.1, 0.15) is 5.76 Å². The molecule has 5 heteroatoms. The molecule has 0 spiro atoms. The predicted octanol–water partition coefficient (Wildman–Crippen LogP) is 4.29. The third-order valence-corrected chi connectivity index (χ3v) is 3.94. The second kappa shape index (κ2) is 5.85. The fourth-order valence-electron chi connectivity index (χ4n) is 2.07. The minimum atomic E-state index is 0.502. The molecular weight excluding hydrogens is 292 g/mol. The van der Waals surface area contributed by atoms with Crippen LogP contribution in [-0.4, -0.2) is 16.1 Å². The molecule has 0 saturated heterocycles. The smallest absolute Gasteiger partial charge is 0.174 e. The Labute approximate surface area is 128 Å². The summed E-state index contributed by atoms with van der Waals surface area (Å²) in [4.78, 5) is 2.16. The largest absolute Gasteiger partial charge is 0.467 e. The van der Waals surface area contributed by atoms with E-state index in [2.05, 4.69) is 10.2 Å². The van der Waals surface area contributed by atoms with Crippen LogP contribution >= 0.6 is 23.8 Å². The van der Waals surface area contributed by atoms with Crippen LogP contribution in [-0.2, 0) is 6.54 Å². The number of nitrogens with one attached hydrogen (secondary N) is 1. The van der Waals surface area contributed by atoms with Crippen LogP contribution in [0.3, 0.4) is 0 Å². The summed E-state index contributed by atoms with van der Waals surface area (Å²) in [6, 6.07) is 12.0. The molecule has 2 aromatic rings. The summed E-state index contributed by atoms with van der Waals surface area (Å²) < 4.78 is 5.41. The normalized spacial score (nSPS) is 14.1. The van der Waals surface area contributed by atoms with E-state index in [1.807, 2.05) is 36.4 Å². The Kier molecular flexibility index (Phi) is 3.94. The minimum Gasteiger partial charge on any atom is -0.467 e. The highest BCUT2D eigenvalue weighted by Crippen LogP contribution is 2.30. The Balaban J connectivity index is 1.71. The maximum atomic E-state index is 6.15. The number of halogens is 1. The molecule has 3 rings (SSSR count). The summed E-state index contributed by atoms with van der Waals surface area (Å²) in [6.45, 7) is 0.688. The van der Waals surface area contributed by atoms with E-state index in [0.717, 1.165) is 11.4 Å². The highest BCUT2D eigenvalue weighted by atomic mass is 35.5. The molecule has 1 aromatic carbocycles. The number of thiocarbonyl (C=S) groups is 1. The summed E-state index contributed by atoms with van der Waals surface area (Å²) in [5, 5.41) is 4.59. The van der Waals surface area contributed by atoms with Gasteiger partial charge in [-0.15, -0.1) is 0 Å². The second-order valence-corrected chi connectivity index (χ2v) is 5.64. The number of hydrogen-bond donors (Lipinski definition) is 1. The van der Waals surface area contributed by atoms with Crippen molar-refractivity contribution >= 4 is 34.6 Å². The molecule has 1 heterocycles. The number of para-hydroxylation sites is 1. The van der Waals surface area contributed by atoms with Gasteiger partial charge in [0.05, 0.1) is 23.5 Å². The van der Waals surface area contributed by atoms with Gasteiger partial charge in [0.15, 0.2) is 5.11 Å². The maximum absolute atomic E-state index is 6.15. The molecule has 0 aliphatic heterocycles. The minimum absolute atomic E-state index is 0.502. The number of anilines is 1. The van der Waals surface area contributed by atoms with Crippen molar-refractivity contribution in [2.75, 3.05) is 5.32 Å². The number of benzene rings is 1. The van der Waals surface area contributed by atoms with Gasteiger partial charge in [0.2, 0.25) is 0 Å². The van der Waals surface area contributed by atoms with E-state index in [1.165, 1.54) is 12.8 Å². The number of furan rings is 1. The molecule has 1 N–H and O–H groups in total. The third kappa shape index (κ3) is 3.14. The summed E-state index contributed by atoms with van der Waals surface area (Å²) in [5.74, 6) is 0.917. The summed E-state index contributed by atoms with van der Waals surface area (Å²) in [7, 11) is 0. The van der Waals surface area contributed by atoms with Gasteiger partial charge >= 0.3 is 0 Å². The molecule has 104 valence electrons. The van der Waals surface area contributed by atoms with Crippen molar-refractivity contribution in [2.45, 2.75) is 25.4 Å². The molecule has 20 heavy (non-hydrogen) atoms. The standard InChI is InChI=1S/C15H15ClN2OS/c16-13-5-1-2-6-14(13)17-15(20)18(11-7-8-11)10-12-4-3-9-19-12/h1-6,9,11H,7-8,10H2,(H,17,20). The first-order valence-corrected chi connectivity index (χ1v) is 7.37. The first-order chi connectivity index (χ1) is 9.74. The highest BCUT2D eigenvalue weighted by molar-refractivity contribution is 7.80. The Morgan fingerprint density at radius 1 is 1.30 bits per heavy atom. The van der Waals surface area contributed by atoms with Crippen LogP contribution in [0.5, 0.6) is 0 Å². The average Bonchev–Trinajstić information content (AvgIpc) is 3.15. The molecule has 0 amide bonds. The molecule has 0 bridgehead atoms. The van der Waals surface area contributed by atoms with E-state index < -0.39 is 0 Å². The van der Waals surface area contributed by atoms with Gasteiger partial charge in [0, 0.05) is 6.04 Å². The van der Waals surface area contributed by atoms with E-state index in [-0.39, 0.29) is 0 Å². The van der Waals surface area contributed by atoms with Crippen molar-refractivity contribution in [1.82, 2.24) is 4.90 Å². The molecule has 1 fully saturated rings. The van der Waals surface area contributed by atoms with E-state index >= 15 is 0 Å². The molecule has 0 unspecified atom stereocenters. The van der Waals surface area contributed by atoms with Crippen LogP contribution < -0.4 is 5.32 Å². The lowest BCUT2D eigenvalue weighted by Gasteiger charge is -2.25. The fourth-order valence-corrected chi connectivity index (χ4v) is 2.58. The Hall–Kier alpha value is -1.52. The van der Waals surface area contributed by atoms with Crippen molar-refractivity contribution in [3.63, 3.8) is 0 Å². The summed E-state index contributed by atoms with van der Waals surface area (Å²) >= 11 is 11.7. The first-order valence-electron chi connectivity index (χ1n) is 6.58. The maximum Gasteiger partial charge on any atom is 0.174 e. The van der Waals surface area contributed by atoms with Crippen molar-refractivity contribution in [2.24, 2.45) is 0 Å². The molecule has 0 atom stereocenters. The Morgan fingerprint density at radius 3 is 2.75 bits per heavy atom. The van der Waals surface area contributed by atoms with Gasteiger partial charge in [-0.25, -0.2) is 0 Å². The Morgan fingerprint density at radius 2 is 2.10 bits per heavy atom. The lowest BCUT2D eigenvalue weighted by atomic mass is 10.3. The first kappa shape index (κ1) is 13.5. The molecule has 1 aliphatic carbocycles.